The van der Waals surface area contributed by atoms with Gasteiger partial charge in [0.05, 0.1) is 0 Å². The summed E-state index contributed by atoms with van der Waals surface area (Å²) in [6.45, 7) is 7.32. The fraction of sp³-hybridized carbons (Fsp3) is 0.467. The first-order valence-corrected chi connectivity index (χ1v) is 10.2. The van der Waals surface area contributed by atoms with Crippen LogP contribution in [0.5, 0.6) is 0 Å². The molecule has 0 aliphatic carbocycles. The zero-order valence-electron chi connectivity index (χ0n) is 14.1. The van der Waals surface area contributed by atoms with Crippen LogP contribution in [-0.2, 0) is 16.4 Å². The van der Waals surface area contributed by atoms with Crippen LogP contribution < -0.4 is 15.4 Å². The van der Waals surface area contributed by atoms with Crippen LogP contribution in [0.3, 0.4) is 0 Å². The molecule has 2 rings (SSSR count). The van der Waals surface area contributed by atoms with E-state index in [1.807, 2.05) is 32.9 Å². The van der Waals surface area contributed by atoms with Crippen molar-refractivity contribution in [3.8, 4) is 0 Å². The normalized spacial score (nSPS) is 11.5. The van der Waals surface area contributed by atoms with E-state index < -0.39 is 10.0 Å². The predicted octanol–water partition coefficient (Wildman–Crippen LogP) is 2.23. The van der Waals surface area contributed by atoms with Crippen LogP contribution in [0.2, 0.25) is 0 Å². The Hall–Kier alpha value is -1.71. The molecule has 0 unspecified atom stereocenters. The van der Waals surface area contributed by atoms with Crippen LogP contribution >= 0.6 is 11.3 Å². The van der Waals surface area contributed by atoms with Crippen molar-refractivity contribution in [1.82, 2.24) is 14.7 Å². The highest BCUT2D eigenvalue weighted by atomic mass is 32.2. The Morgan fingerprint density at radius 1 is 1.12 bits per heavy atom. The highest BCUT2D eigenvalue weighted by molar-refractivity contribution is 7.91. The summed E-state index contributed by atoms with van der Waals surface area (Å²) in [7, 11) is -3.45. The molecule has 9 heteroatoms. The standard InChI is InChI=1S/C15H23N5O2S2/c1-4-12-6-7-14(23-12)24(21,22)18-9-8-17-15-19-11(3)10-13(20-15)16-5-2/h6-7,10,18H,4-5,8-9H2,1-3H3,(H2,16,17,19,20). The Morgan fingerprint density at radius 3 is 2.58 bits per heavy atom. The molecular formula is C15H23N5O2S2. The monoisotopic (exact) mass is 369 g/mol. The van der Waals surface area contributed by atoms with Crippen molar-refractivity contribution in [2.75, 3.05) is 30.3 Å². The molecule has 0 amide bonds. The van der Waals surface area contributed by atoms with Gasteiger partial charge in [0.2, 0.25) is 16.0 Å². The van der Waals surface area contributed by atoms with Gasteiger partial charge in [0.1, 0.15) is 10.0 Å². The first-order valence-electron chi connectivity index (χ1n) is 7.86. The fourth-order valence-electron chi connectivity index (χ4n) is 2.04. The minimum Gasteiger partial charge on any atom is -0.370 e. The predicted molar refractivity (Wildman–Crippen MR) is 98.3 cm³/mol. The SMILES string of the molecule is CCNc1cc(C)nc(NCCNS(=O)(=O)c2ccc(CC)s2)n1. The fourth-order valence-corrected chi connectivity index (χ4v) is 4.41. The summed E-state index contributed by atoms with van der Waals surface area (Å²) in [4.78, 5) is 9.66. The average molecular weight is 370 g/mol. The molecule has 0 aromatic carbocycles. The van der Waals surface area contributed by atoms with E-state index >= 15 is 0 Å². The second kappa shape index (κ2) is 8.41. The number of sulfonamides is 1. The van der Waals surface area contributed by atoms with Gasteiger partial charge in [0, 0.05) is 36.3 Å². The Bertz CT molecular complexity index is 774. The van der Waals surface area contributed by atoms with Crippen molar-refractivity contribution in [1.29, 1.82) is 0 Å². The van der Waals surface area contributed by atoms with Crippen molar-refractivity contribution >= 4 is 33.1 Å². The zero-order chi connectivity index (χ0) is 17.6. The van der Waals surface area contributed by atoms with E-state index in [4.69, 9.17) is 0 Å². The molecule has 3 N–H and O–H groups in total. The molecule has 0 aliphatic heterocycles. The second-order valence-electron chi connectivity index (χ2n) is 5.15. The highest BCUT2D eigenvalue weighted by Gasteiger charge is 2.15. The number of thiophene rings is 1. The lowest BCUT2D eigenvalue weighted by atomic mass is 10.4. The molecule has 2 aromatic heterocycles. The minimum absolute atomic E-state index is 0.259. The lowest BCUT2D eigenvalue weighted by Gasteiger charge is -2.09. The molecule has 132 valence electrons. The largest absolute Gasteiger partial charge is 0.370 e. The highest BCUT2D eigenvalue weighted by Crippen LogP contribution is 2.21. The zero-order valence-corrected chi connectivity index (χ0v) is 15.7. The molecule has 0 radical (unpaired) electrons. The lowest BCUT2D eigenvalue weighted by molar-refractivity contribution is 0.585. The van der Waals surface area contributed by atoms with E-state index in [2.05, 4.69) is 25.3 Å². The second-order valence-corrected chi connectivity index (χ2v) is 8.31. The van der Waals surface area contributed by atoms with Crippen LogP contribution in [0, 0.1) is 6.92 Å². The summed E-state index contributed by atoms with van der Waals surface area (Å²) in [5, 5.41) is 6.17. The van der Waals surface area contributed by atoms with E-state index in [1.54, 1.807) is 6.07 Å². The summed E-state index contributed by atoms with van der Waals surface area (Å²) >= 11 is 1.30. The molecule has 0 spiro atoms. The topological polar surface area (TPSA) is 96.0 Å². The van der Waals surface area contributed by atoms with Gasteiger partial charge in [-0.25, -0.2) is 18.1 Å². The van der Waals surface area contributed by atoms with E-state index in [0.717, 1.165) is 29.4 Å². The third-order valence-electron chi connectivity index (χ3n) is 3.16. The lowest BCUT2D eigenvalue weighted by Crippen LogP contribution is -2.28. The molecule has 0 atom stereocenters. The van der Waals surface area contributed by atoms with Crippen LogP contribution in [0.25, 0.3) is 0 Å². The van der Waals surface area contributed by atoms with Gasteiger partial charge in [-0.05, 0) is 32.4 Å². The number of nitrogens with zero attached hydrogens (tertiary/aromatic N) is 2. The van der Waals surface area contributed by atoms with Crippen LogP contribution in [0.4, 0.5) is 11.8 Å². The Morgan fingerprint density at radius 2 is 1.92 bits per heavy atom. The number of hydrogen-bond donors (Lipinski definition) is 3. The number of anilines is 2. The Kier molecular flexibility index (Phi) is 6.52. The van der Waals surface area contributed by atoms with Gasteiger partial charge >= 0.3 is 0 Å². The quantitative estimate of drug-likeness (QED) is 0.587. The summed E-state index contributed by atoms with van der Waals surface area (Å²) < 4.78 is 27.3. The van der Waals surface area contributed by atoms with Crippen molar-refractivity contribution < 1.29 is 8.42 Å². The van der Waals surface area contributed by atoms with E-state index in [1.165, 1.54) is 11.3 Å². The van der Waals surface area contributed by atoms with Gasteiger partial charge in [0.25, 0.3) is 0 Å². The number of rotatable bonds is 9. The maximum absolute atomic E-state index is 12.2. The van der Waals surface area contributed by atoms with Crippen molar-refractivity contribution in [3.63, 3.8) is 0 Å². The molecule has 0 fully saturated rings. The molecular weight excluding hydrogens is 346 g/mol. The number of hydrogen-bond acceptors (Lipinski definition) is 7. The van der Waals surface area contributed by atoms with Crippen molar-refractivity contribution in [3.05, 3.63) is 28.8 Å². The number of aryl methyl sites for hydroxylation is 2. The number of nitrogens with one attached hydrogen (secondary N) is 3. The molecule has 2 heterocycles. The molecule has 2 aromatic rings. The van der Waals surface area contributed by atoms with E-state index in [0.29, 0.717) is 16.7 Å². The van der Waals surface area contributed by atoms with Gasteiger partial charge in [0.15, 0.2) is 0 Å². The summed E-state index contributed by atoms with van der Waals surface area (Å²) in [5.41, 5.74) is 0.842. The van der Waals surface area contributed by atoms with Crippen LogP contribution in [-0.4, -0.2) is 38.0 Å². The third-order valence-corrected chi connectivity index (χ3v) is 6.35. The maximum Gasteiger partial charge on any atom is 0.250 e. The van der Waals surface area contributed by atoms with Gasteiger partial charge in [-0.2, -0.15) is 4.98 Å². The Balaban J connectivity index is 1.88. The molecule has 7 nitrogen and oxygen atoms in total. The summed E-state index contributed by atoms with van der Waals surface area (Å²) in [6, 6.07) is 5.35. The third kappa shape index (κ3) is 5.15. The molecule has 0 bridgehead atoms. The molecule has 0 saturated carbocycles. The van der Waals surface area contributed by atoms with Crippen LogP contribution in [0.15, 0.2) is 22.4 Å². The van der Waals surface area contributed by atoms with Crippen molar-refractivity contribution in [2.24, 2.45) is 0 Å². The maximum atomic E-state index is 12.2. The van der Waals surface area contributed by atoms with Gasteiger partial charge in [-0.15, -0.1) is 11.3 Å². The summed E-state index contributed by atoms with van der Waals surface area (Å²) in [5.74, 6) is 1.23. The summed E-state index contributed by atoms with van der Waals surface area (Å²) in [6.07, 6.45) is 0.834. The smallest absolute Gasteiger partial charge is 0.250 e. The first kappa shape index (κ1) is 18.6. The molecule has 0 saturated heterocycles. The van der Waals surface area contributed by atoms with Gasteiger partial charge in [-0.3, -0.25) is 0 Å². The van der Waals surface area contributed by atoms with Gasteiger partial charge < -0.3 is 10.6 Å². The minimum atomic E-state index is -3.45. The first-order chi connectivity index (χ1) is 11.4. The van der Waals surface area contributed by atoms with E-state index in [9.17, 15) is 8.42 Å². The van der Waals surface area contributed by atoms with Crippen molar-refractivity contribution in [2.45, 2.75) is 31.4 Å². The van der Waals surface area contributed by atoms with Crippen LogP contribution in [0.1, 0.15) is 24.4 Å². The molecule has 24 heavy (non-hydrogen) atoms. The molecule has 0 aliphatic rings. The number of aromatic nitrogens is 2. The Labute approximate surface area is 147 Å². The average Bonchev–Trinajstić information content (AvgIpc) is 3.01. The van der Waals surface area contributed by atoms with E-state index in [-0.39, 0.29) is 6.54 Å². The van der Waals surface area contributed by atoms with Gasteiger partial charge in [-0.1, -0.05) is 6.92 Å².